The van der Waals surface area contributed by atoms with Crippen LogP contribution >= 0.6 is 0 Å². The monoisotopic (exact) mass is 290 g/mol. The summed E-state index contributed by atoms with van der Waals surface area (Å²) in [5.74, 6) is 0. The quantitative estimate of drug-likeness (QED) is 0.889. The molecular weight excluding hydrogens is 272 g/mol. The first-order chi connectivity index (χ1) is 9.54. The summed E-state index contributed by atoms with van der Waals surface area (Å²) in [4.78, 5) is 0.255. The summed E-state index contributed by atoms with van der Waals surface area (Å²) in [5, 5.41) is 3.06. The molecular formula is C15H18N2O2S. The van der Waals surface area contributed by atoms with Gasteiger partial charge < -0.3 is 5.32 Å². The van der Waals surface area contributed by atoms with Crippen LogP contribution in [-0.2, 0) is 10.0 Å². The number of benzene rings is 2. The first-order valence-corrected chi connectivity index (χ1v) is 7.94. The number of sulfonamides is 1. The van der Waals surface area contributed by atoms with Crippen LogP contribution in [0.3, 0.4) is 0 Å². The van der Waals surface area contributed by atoms with Gasteiger partial charge in [0.1, 0.15) is 4.90 Å². The van der Waals surface area contributed by atoms with E-state index in [1.807, 2.05) is 32.0 Å². The summed E-state index contributed by atoms with van der Waals surface area (Å²) in [6, 6.07) is 14.2. The van der Waals surface area contributed by atoms with Gasteiger partial charge in [0.15, 0.2) is 0 Å². The van der Waals surface area contributed by atoms with Crippen molar-refractivity contribution in [2.24, 2.45) is 0 Å². The van der Waals surface area contributed by atoms with Crippen molar-refractivity contribution in [3.05, 3.63) is 54.1 Å². The van der Waals surface area contributed by atoms with Crippen LogP contribution in [0.25, 0.3) is 0 Å². The van der Waals surface area contributed by atoms with Crippen molar-refractivity contribution < 1.29 is 8.42 Å². The molecule has 0 heterocycles. The zero-order valence-corrected chi connectivity index (χ0v) is 12.4. The van der Waals surface area contributed by atoms with Crippen LogP contribution in [0.2, 0.25) is 0 Å². The van der Waals surface area contributed by atoms with Gasteiger partial charge in [0.25, 0.3) is 10.0 Å². The number of anilines is 2. The number of nitrogens with one attached hydrogen (secondary N) is 2. The minimum Gasteiger partial charge on any atom is -0.384 e. The fourth-order valence-electron chi connectivity index (χ4n) is 1.92. The van der Waals surface area contributed by atoms with Crippen LogP contribution in [0.5, 0.6) is 0 Å². The maximum Gasteiger partial charge on any atom is 0.263 e. The van der Waals surface area contributed by atoms with Crippen LogP contribution in [0, 0.1) is 6.92 Å². The molecule has 5 heteroatoms. The Morgan fingerprint density at radius 1 is 0.950 bits per heavy atom. The predicted molar refractivity (Wildman–Crippen MR) is 82.6 cm³/mol. The standard InChI is InChI=1S/C15H18N2O2S/c1-3-16-14-10-6-7-11-15(14)20(18,19)17-13-9-5-4-8-12(13)2/h4-11,16-17H,3H2,1-2H3. The van der Waals surface area contributed by atoms with Crippen LogP contribution in [-0.4, -0.2) is 15.0 Å². The Kier molecular flexibility index (Phi) is 4.29. The van der Waals surface area contributed by atoms with Crippen LogP contribution in [0.15, 0.2) is 53.4 Å². The van der Waals surface area contributed by atoms with Crippen molar-refractivity contribution in [3.63, 3.8) is 0 Å². The number of rotatable bonds is 5. The predicted octanol–water partition coefficient (Wildman–Crippen LogP) is 3.23. The maximum absolute atomic E-state index is 12.5. The highest BCUT2D eigenvalue weighted by Crippen LogP contribution is 2.24. The van der Waals surface area contributed by atoms with Gasteiger partial charge in [-0.25, -0.2) is 8.42 Å². The van der Waals surface area contributed by atoms with E-state index in [0.29, 0.717) is 17.9 Å². The van der Waals surface area contributed by atoms with E-state index in [-0.39, 0.29) is 4.90 Å². The van der Waals surface area contributed by atoms with Gasteiger partial charge in [-0.3, -0.25) is 4.72 Å². The van der Waals surface area contributed by atoms with E-state index < -0.39 is 10.0 Å². The van der Waals surface area contributed by atoms with E-state index >= 15 is 0 Å². The molecule has 0 saturated carbocycles. The van der Waals surface area contributed by atoms with E-state index in [4.69, 9.17) is 0 Å². The molecule has 0 spiro atoms. The molecule has 2 aromatic carbocycles. The molecule has 0 fully saturated rings. The second kappa shape index (κ2) is 5.96. The molecule has 2 aromatic rings. The number of hydrogen-bond donors (Lipinski definition) is 2. The van der Waals surface area contributed by atoms with E-state index in [2.05, 4.69) is 10.0 Å². The minimum absolute atomic E-state index is 0.255. The van der Waals surface area contributed by atoms with Crippen molar-refractivity contribution in [2.45, 2.75) is 18.7 Å². The summed E-state index contributed by atoms with van der Waals surface area (Å²) < 4.78 is 27.6. The lowest BCUT2D eigenvalue weighted by Crippen LogP contribution is -2.16. The van der Waals surface area contributed by atoms with Crippen molar-refractivity contribution >= 4 is 21.4 Å². The lowest BCUT2D eigenvalue weighted by Gasteiger charge is -2.14. The Labute approximate surface area is 119 Å². The zero-order chi connectivity index (χ0) is 14.6. The molecule has 0 aliphatic heterocycles. The molecule has 106 valence electrons. The Morgan fingerprint density at radius 2 is 1.55 bits per heavy atom. The van der Waals surface area contributed by atoms with Gasteiger partial charge in [-0.05, 0) is 37.6 Å². The lowest BCUT2D eigenvalue weighted by molar-refractivity contribution is 0.601. The molecule has 0 saturated heterocycles. The fourth-order valence-corrected chi connectivity index (χ4v) is 3.24. The van der Waals surface area contributed by atoms with Crippen molar-refractivity contribution in [3.8, 4) is 0 Å². The van der Waals surface area contributed by atoms with Gasteiger partial charge in [0.2, 0.25) is 0 Å². The molecule has 2 rings (SSSR count). The summed E-state index contributed by atoms with van der Waals surface area (Å²) in [7, 11) is -3.60. The molecule has 0 bridgehead atoms. The average molecular weight is 290 g/mol. The molecule has 0 atom stereocenters. The lowest BCUT2D eigenvalue weighted by atomic mass is 10.2. The Bertz CT molecular complexity index is 697. The minimum atomic E-state index is -3.60. The maximum atomic E-state index is 12.5. The van der Waals surface area contributed by atoms with Crippen molar-refractivity contribution in [1.29, 1.82) is 0 Å². The second-order valence-electron chi connectivity index (χ2n) is 4.45. The van der Waals surface area contributed by atoms with Crippen molar-refractivity contribution in [1.82, 2.24) is 0 Å². The molecule has 0 aromatic heterocycles. The van der Waals surface area contributed by atoms with E-state index in [9.17, 15) is 8.42 Å². The Hall–Kier alpha value is -2.01. The van der Waals surface area contributed by atoms with Crippen LogP contribution < -0.4 is 10.0 Å². The molecule has 0 amide bonds. The van der Waals surface area contributed by atoms with Gasteiger partial charge in [0.05, 0.1) is 11.4 Å². The first kappa shape index (κ1) is 14.4. The normalized spacial score (nSPS) is 11.1. The average Bonchev–Trinajstić information content (AvgIpc) is 2.42. The van der Waals surface area contributed by atoms with Gasteiger partial charge in [-0.2, -0.15) is 0 Å². The third-order valence-electron chi connectivity index (χ3n) is 2.93. The third-order valence-corrected chi connectivity index (χ3v) is 4.36. The van der Waals surface area contributed by atoms with Gasteiger partial charge in [-0.1, -0.05) is 30.3 Å². The largest absolute Gasteiger partial charge is 0.384 e. The smallest absolute Gasteiger partial charge is 0.263 e. The highest BCUT2D eigenvalue weighted by molar-refractivity contribution is 7.92. The number of aryl methyl sites for hydroxylation is 1. The number of para-hydroxylation sites is 2. The Balaban J connectivity index is 2.39. The SMILES string of the molecule is CCNc1ccccc1S(=O)(=O)Nc1ccccc1C. The zero-order valence-electron chi connectivity index (χ0n) is 11.6. The molecule has 0 radical (unpaired) electrons. The van der Waals surface area contributed by atoms with Crippen LogP contribution in [0.4, 0.5) is 11.4 Å². The van der Waals surface area contributed by atoms with Gasteiger partial charge in [0, 0.05) is 6.54 Å². The summed E-state index contributed by atoms with van der Waals surface area (Å²) in [6.07, 6.45) is 0. The third kappa shape index (κ3) is 3.11. The first-order valence-electron chi connectivity index (χ1n) is 6.46. The van der Waals surface area contributed by atoms with Crippen molar-refractivity contribution in [2.75, 3.05) is 16.6 Å². The van der Waals surface area contributed by atoms with E-state index in [1.54, 1.807) is 30.3 Å². The summed E-state index contributed by atoms with van der Waals surface area (Å²) in [6.45, 7) is 4.46. The molecule has 0 unspecified atom stereocenters. The van der Waals surface area contributed by atoms with Crippen LogP contribution in [0.1, 0.15) is 12.5 Å². The Morgan fingerprint density at radius 3 is 2.20 bits per heavy atom. The summed E-state index contributed by atoms with van der Waals surface area (Å²) in [5.41, 5.74) is 2.09. The summed E-state index contributed by atoms with van der Waals surface area (Å²) >= 11 is 0. The number of hydrogen-bond acceptors (Lipinski definition) is 3. The molecule has 0 aliphatic carbocycles. The molecule has 2 N–H and O–H groups in total. The second-order valence-corrected chi connectivity index (χ2v) is 6.10. The molecule has 20 heavy (non-hydrogen) atoms. The van der Waals surface area contributed by atoms with Gasteiger partial charge in [-0.15, -0.1) is 0 Å². The highest BCUT2D eigenvalue weighted by Gasteiger charge is 2.18. The van der Waals surface area contributed by atoms with E-state index in [0.717, 1.165) is 5.56 Å². The van der Waals surface area contributed by atoms with Gasteiger partial charge >= 0.3 is 0 Å². The molecule has 4 nitrogen and oxygen atoms in total. The van der Waals surface area contributed by atoms with E-state index in [1.165, 1.54) is 0 Å². The topological polar surface area (TPSA) is 58.2 Å². The fraction of sp³-hybridized carbons (Fsp3) is 0.200. The highest BCUT2D eigenvalue weighted by atomic mass is 32.2. The molecule has 0 aliphatic rings.